The van der Waals surface area contributed by atoms with E-state index in [0.717, 1.165) is 18.0 Å². The third-order valence-electron chi connectivity index (χ3n) is 4.24. The van der Waals surface area contributed by atoms with Crippen LogP contribution in [-0.2, 0) is 0 Å². The Morgan fingerprint density at radius 2 is 1.87 bits per heavy atom. The lowest BCUT2D eigenvalue weighted by atomic mass is 9.88. The second-order valence-electron chi connectivity index (χ2n) is 5.46. The van der Waals surface area contributed by atoms with E-state index in [1.807, 2.05) is 0 Å². The molecule has 2 heteroatoms. The molecule has 2 nitrogen and oxygen atoms in total. The van der Waals surface area contributed by atoms with E-state index in [2.05, 4.69) is 45.1 Å². The van der Waals surface area contributed by atoms with Crippen LogP contribution in [0.3, 0.4) is 0 Å². The highest BCUT2D eigenvalue weighted by Crippen LogP contribution is 2.25. The maximum atomic E-state index is 3.43. The molecule has 0 amide bonds. The molecule has 1 aliphatic rings. The summed E-state index contributed by atoms with van der Waals surface area (Å²) in [7, 11) is 4.40. The third-order valence-corrected chi connectivity index (χ3v) is 4.24. The van der Waals surface area contributed by atoms with Crippen LogP contribution in [0, 0.1) is 5.92 Å². The highest BCUT2D eigenvalue weighted by Gasteiger charge is 2.27. The molecule has 1 N–H and O–H groups in total. The number of nitrogens with one attached hydrogen (secondary N) is 1. The number of nitrogens with zero attached hydrogens (tertiary/aromatic N) is 1. The summed E-state index contributed by atoms with van der Waals surface area (Å²) < 4.78 is 0. The normalized spacial score (nSPS) is 29.8. The molecule has 1 fully saturated rings. The molecule has 0 aromatic rings. The monoisotopic (exact) mass is 212 g/mol. The first-order valence-corrected chi connectivity index (χ1v) is 6.45. The SMILES string of the molecule is CNC1CCCC(N(C)C(C)C(C)C)C1. The Labute approximate surface area is 95.4 Å². The highest BCUT2D eigenvalue weighted by atomic mass is 15.2. The molecule has 1 rings (SSSR count). The fraction of sp³-hybridized carbons (Fsp3) is 1.00. The van der Waals surface area contributed by atoms with E-state index >= 15 is 0 Å². The van der Waals surface area contributed by atoms with Crippen molar-refractivity contribution in [2.45, 2.75) is 64.6 Å². The summed E-state index contributed by atoms with van der Waals surface area (Å²) in [5.74, 6) is 0.755. The maximum Gasteiger partial charge on any atom is 0.0110 e. The standard InChI is InChI=1S/C13H28N2/c1-10(2)11(3)15(5)13-8-6-7-12(9-13)14-4/h10-14H,6-9H2,1-5H3. The summed E-state index contributed by atoms with van der Waals surface area (Å²) in [5.41, 5.74) is 0. The van der Waals surface area contributed by atoms with Crippen molar-refractivity contribution in [1.82, 2.24) is 10.2 Å². The Bertz CT molecular complexity index is 179. The van der Waals surface area contributed by atoms with Crippen LogP contribution in [0.4, 0.5) is 0 Å². The van der Waals surface area contributed by atoms with E-state index < -0.39 is 0 Å². The molecule has 3 atom stereocenters. The summed E-state index contributed by atoms with van der Waals surface area (Å²) in [5, 5.41) is 3.43. The van der Waals surface area contributed by atoms with E-state index in [9.17, 15) is 0 Å². The molecule has 3 unspecified atom stereocenters. The van der Waals surface area contributed by atoms with Crippen molar-refractivity contribution in [3.63, 3.8) is 0 Å². The van der Waals surface area contributed by atoms with Crippen molar-refractivity contribution >= 4 is 0 Å². The summed E-state index contributed by atoms with van der Waals surface area (Å²) in [4.78, 5) is 2.59. The average Bonchev–Trinajstić information content (AvgIpc) is 2.27. The van der Waals surface area contributed by atoms with Gasteiger partial charge in [0.15, 0.2) is 0 Å². The van der Waals surface area contributed by atoms with Crippen LogP contribution in [0.2, 0.25) is 0 Å². The minimum Gasteiger partial charge on any atom is -0.317 e. The first-order chi connectivity index (χ1) is 7.06. The van der Waals surface area contributed by atoms with Gasteiger partial charge in [-0.1, -0.05) is 20.3 Å². The zero-order chi connectivity index (χ0) is 11.4. The quantitative estimate of drug-likeness (QED) is 0.770. The molecular weight excluding hydrogens is 184 g/mol. The van der Waals surface area contributed by atoms with Crippen molar-refractivity contribution in [3.05, 3.63) is 0 Å². The van der Waals surface area contributed by atoms with Gasteiger partial charge >= 0.3 is 0 Å². The molecule has 1 saturated carbocycles. The van der Waals surface area contributed by atoms with E-state index in [4.69, 9.17) is 0 Å². The highest BCUT2D eigenvalue weighted by molar-refractivity contribution is 4.84. The fourth-order valence-corrected chi connectivity index (χ4v) is 2.60. The predicted octanol–water partition coefficient (Wildman–Crippen LogP) is 2.49. The molecule has 90 valence electrons. The molecule has 15 heavy (non-hydrogen) atoms. The van der Waals surface area contributed by atoms with Crippen molar-refractivity contribution in [3.8, 4) is 0 Å². The lowest BCUT2D eigenvalue weighted by Gasteiger charge is -2.39. The van der Waals surface area contributed by atoms with Gasteiger partial charge in [-0.2, -0.15) is 0 Å². The summed E-state index contributed by atoms with van der Waals surface area (Å²) >= 11 is 0. The fourth-order valence-electron chi connectivity index (χ4n) is 2.60. The largest absolute Gasteiger partial charge is 0.317 e. The van der Waals surface area contributed by atoms with Gasteiger partial charge < -0.3 is 10.2 Å². The number of hydrogen-bond donors (Lipinski definition) is 1. The van der Waals surface area contributed by atoms with Crippen molar-refractivity contribution < 1.29 is 0 Å². The summed E-state index contributed by atoms with van der Waals surface area (Å²) in [6.45, 7) is 6.99. The Morgan fingerprint density at radius 3 is 2.40 bits per heavy atom. The molecule has 0 heterocycles. The molecule has 0 aromatic carbocycles. The van der Waals surface area contributed by atoms with Crippen LogP contribution >= 0.6 is 0 Å². The first-order valence-electron chi connectivity index (χ1n) is 6.45. The average molecular weight is 212 g/mol. The first kappa shape index (κ1) is 13.0. The molecule has 0 spiro atoms. The number of rotatable bonds is 4. The van der Waals surface area contributed by atoms with Crippen LogP contribution in [0.1, 0.15) is 46.5 Å². The van der Waals surface area contributed by atoms with E-state index in [-0.39, 0.29) is 0 Å². The molecule has 0 aromatic heterocycles. The van der Waals surface area contributed by atoms with Crippen LogP contribution in [-0.4, -0.2) is 37.1 Å². The van der Waals surface area contributed by atoms with Crippen molar-refractivity contribution in [1.29, 1.82) is 0 Å². The van der Waals surface area contributed by atoms with Gasteiger partial charge in [-0.05, 0) is 46.2 Å². The minimum absolute atomic E-state index is 0.700. The topological polar surface area (TPSA) is 15.3 Å². The van der Waals surface area contributed by atoms with Gasteiger partial charge in [0.25, 0.3) is 0 Å². The Morgan fingerprint density at radius 1 is 1.20 bits per heavy atom. The summed E-state index contributed by atoms with van der Waals surface area (Å²) in [6, 6.07) is 2.23. The number of hydrogen-bond acceptors (Lipinski definition) is 2. The second-order valence-corrected chi connectivity index (χ2v) is 5.46. The van der Waals surface area contributed by atoms with E-state index in [1.54, 1.807) is 0 Å². The summed E-state index contributed by atoms with van der Waals surface area (Å²) in [6.07, 6.45) is 5.44. The Kier molecular flexibility index (Phi) is 5.07. The van der Waals surface area contributed by atoms with E-state index in [0.29, 0.717) is 6.04 Å². The molecule has 0 bridgehead atoms. The van der Waals surface area contributed by atoms with Gasteiger partial charge in [0.1, 0.15) is 0 Å². The maximum absolute atomic E-state index is 3.43. The molecule has 1 aliphatic carbocycles. The molecule has 0 saturated heterocycles. The van der Waals surface area contributed by atoms with Crippen LogP contribution < -0.4 is 5.32 Å². The van der Waals surface area contributed by atoms with Gasteiger partial charge in [-0.3, -0.25) is 0 Å². The Hall–Kier alpha value is -0.0800. The molecular formula is C13H28N2. The van der Waals surface area contributed by atoms with E-state index in [1.165, 1.54) is 25.7 Å². The third kappa shape index (κ3) is 3.46. The lowest BCUT2D eigenvalue weighted by molar-refractivity contribution is 0.108. The van der Waals surface area contributed by atoms with Crippen LogP contribution in [0.15, 0.2) is 0 Å². The van der Waals surface area contributed by atoms with Gasteiger partial charge in [0, 0.05) is 18.1 Å². The minimum atomic E-state index is 0.700. The Balaban J connectivity index is 2.48. The van der Waals surface area contributed by atoms with Crippen molar-refractivity contribution in [2.24, 2.45) is 5.92 Å². The van der Waals surface area contributed by atoms with Crippen molar-refractivity contribution in [2.75, 3.05) is 14.1 Å². The van der Waals surface area contributed by atoms with Gasteiger partial charge in [-0.25, -0.2) is 0 Å². The van der Waals surface area contributed by atoms with Gasteiger partial charge in [0.05, 0.1) is 0 Å². The molecule has 0 aliphatic heterocycles. The zero-order valence-corrected chi connectivity index (χ0v) is 11.1. The molecule has 0 radical (unpaired) electrons. The van der Waals surface area contributed by atoms with Gasteiger partial charge in [0.2, 0.25) is 0 Å². The van der Waals surface area contributed by atoms with Gasteiger partial charge in [-0.15, -0.1) is 0 Å². The second kappa shape index (κ2) is 5.86. The smallest absolute Gasteiger partial charge is 0.0110 e. The zero-order valence-electron chi connectivity index (χ0n) is 11.1. The predicted molar refractivity (Wildman–Crippen MR) is 67.2 cm³/mol. The lowest BCUT2D eigenvalue weighted by Crippen LogP contribution is -2.46. The van der Waals surface area contributed by atoms with Crippen LogP contribution in [0.25, 0.3) is 0 Å². The van der Waals surface area contributed by atoms with Crippen LogP contribution in [0.5, 0.6) is 0 Å².